The average Bonchev–Trinajstić information content (AvgIpc) is 2.97. The SMILES string of the molecule is C=C1/C(=C/C=C2/CCCC3(C)C(CCCCCO)=CCC23)CC(O)CC1F. The van der Waals surface area contributed by atoms with E-state index in [1.807, 2.05) is 6.08 Å². The summed E-state index contributed by atoms with van der Waals surface area (Å²) in [7, 11) is 0. The Balaban J connectivity index is 1.70. The second kappa shape index (κ2) is 8.87. The summed E-state index contributed by atoms with van der Waals surface area (Å²) >= 11 is 0. The molecule has 0 aromatic heterocycles. The van der Waals surface area contributed by atoms with Crippen molar-refractivity contribution in [1.82, 2.24) is 0 Å². The van der Waals surface area contributed by atoms with Crippen molar-refractivity contribution in [2.24, 2.45) is 11.3 Å². The van der Waals surface area contributed by atoms with Crippen molar-refractivity contribution in [1.29, 1.82) is 0 Å². The minimum atomic E-state index is -1.12. The van der Waals surface area contributed by atoms with Gasteiger partial charge in [-0.1, -0.05) is 49.3 Å². The maximum atomic E-state index is 14.0. The van der Waals surface area contributed by atoms with Crippen molar-refractivity contribution in [3.05, 3.63) is 47.1 Å². The van der Waals surface area contributed by atoms with Crippen LogP contribution in [0.2, 0.25) is 0 Å². The third-order valence-corrected chi connectivity index (χ3v) is 7.04. The standard InChI is InChI=1S/C24H35FO2/c1-17-19(15-21(27)16-23(17)25)10-9-18-7-6-13-24(2)20(11-12-22(18)24)8-4-3-5-14-26/h9-11,21-23,26-27H,1,3-8,12-16H2,2H3/b18-9-,19-10+. The Morgan fingerprint density at radius 2 is 2.11 bits per heavy atom. The van der Waals surface area contributed by atoms with Gasteiger partial charge in [-0.15, -0.1) is 0 Å². The highest BCUT2D eigenvalue weighted by molar-refractivity contribution is 5.40. The van der Waals surface area contributed by atoms with Gasteiger partial charge >= 0.3 is 0 Å². The molecule has 27 heavy (non-hydrogen) atoms. The van der Waals surface area contributed by atoms with Gasteiger partial charge in [-0.2, -0.15) is 0 Å². The van der Waals surface area contributed by atoms with E-state index in [0.717, 1.165) is 44.1 Å². The van der Waals surface area contributed by atoms with Gasteiger partial charge in [0.2, 0.25) is 0 Å². The van der Waals surface area contributed by atoms with Crippen molar-refractivity contribution in [3.8, 4) is 0 Å². The second-order valence-corrected chi connectivity index (χ2v) is 8.84. The topological polar surface area (TPSA) is 40.5 Å². The lowest BCUT2D eigenvalue weighted by molar-refractivity contribution is 0.124. The number of aliphatic hydroxyl groups excluding tert-OH is 2. The number of unbranched alkanes of at least 4 members (excludes halogenated alkanes) is 2. The van der Waals surface area contributed by atoms with Crippen LogP contribution in [-0.2, 0) is 0 Å². The van der Waals surface area contributed by atoms with Crippen LogP contribution < -0.4 is 0 Å². The molecule has 150 valence electrons. The summed E-state index contributed by atoms with van der Waals surface area (Å²) < 4.78 is 14.0. The normalized spacial score (nSPS) is 37.0. The zero-order valence-corrected chi connectivity index (χ0v) is 16.7. The molecule has 0 aromatic carbocycles. The zero-order chi connectivity index (χ0) is 19.4. The Kier molecular flexibility index (Phi) is 6.75. The van der Waals surface area contributed by atoms with Crippen LogP contribution in [-0.4, -0.2) is 29.1 Å². The van der Waals surface area contributed by atoms with Gasteiger partial charge < -0.3 is 10.2 Å². The van der Waals surface area contributed by atoms with E-state index < -0.39 is 12.3 Å². The molecule has 2 N–H and O–H groups in total. The molecular formula is C24H35FO2. The van der Waals surface area contributed by atoms with E-state index in [1.165, 1.54) is 18.4 Å². The van der Waals surface area contributed by atoms with Crippen LogP contribution in [0.25, 0.3) is 0 Å². The largest absolute Gasteiger partial charge is 0.396 e. The van der Waals surface area contributed by atoms with E-state index >= 15 is 0 Å². The van der Waals surface area contributed by atoms with Gasteiger partial charge in [0.1, 0.15) is 6.17 Å². The molecule has 0 aliphatic heterocycles. The molecule has 0 bridgehead atoms. The highest BCUT2D eigenvalue weighted by Gasteiger charge is 2.44. The van der Waals surface area contributed by atoms with Gasteiger partial charge in [-0.25, -0.2) is 4.39 Å². The minimum Gasteiger partial charge on any atom is -0.396 e. The Morgan fingerprint density at radius 3 is 2.89 bits per heavy atom. The summed E-state index contributed by atoms with van der Waals surface area (Å²) in [6.07, 6.45) is 14.6. The lowest BCUT2D eigenvalue weighted by Gasteiger charge is -2.41. The number of aliphatic hydroxyl groups is 2. The summed E-state index contributed by atoms with van der Waals surface area (Å²) in [5.74, 6) is 0.555. The molecule has 3 heteroatoms. The van der Waals surface area contributed by atoms with Gasteiger partial charge in [-0.05, 0) is 73.8 Å². The molecule has 0 heterocycles. The van der Waals surface area contributed by atoms with Gasteiger partial charge in [0.25, 0.3) is 0 Å². The molecule has 0 aromatic rings. The Labute approximate surface area is 163 Å². The van der Waals surface area contributed by atoms with Gasteiger partial charge in [0.15, 0.2) is 0 Å². The van der Waals surface area contributed by atoms with Gasteiger partial charge in [0, 0.05) is 13.0 Å². The van der Waals surface area contributed by atoms with E-state index in [4.69, 9.17) is 5.11 Å². The van der Waals surface area contributed by atoms with Crippen molar-refractivity contribution in [3.63, 3.8) is 0 Å². The highest BCUT2D eigenvalue weighted by atomic mass is 19.1. The predicted octanol–water partition coefficient (Wildman–Crippen LogP) is 5.58. The molecule has 2 nitrogen and oxygen atoms in total. The third kappa shape index (κ3) is 4.46. The molecule has 0 radical (unpaired) electrons. The summed E-state index contributed by atoms with van der Waals surface area (Å²) in [6, 6.07) is 0. The molecule has 4 atom stereocenters. The molecular weight excluding hydrogens is 339 g/mol. The van der Waals surface area contributed by atoms with Crippen LogP contribution >= 0.6 is 0 Å². The maximum Gasteiger partial charge on any atom is 0.127 e. The molecule has 3 aliphatic carbocycles. The number of allylic oxidation sites excluding steroid dienone is 6. The summed E-state index contributed by atoms with van der Waals surface area (Å²) in [6.45, 7) is 6.62. The Morgan fingerprint density at radius 1 is 1.30 bits per heavy atom. The first kappa shape index (κ1) is 20.5. The first-order chi connectivity index (χ1) is 13.0. The number of fused-ring (bicyclic) bond motifs is 1. The predicted molar refractivity (Wildman–Crippen MR) is 109 cm³/mol. The summed E-state index contributed by atoms with van der Waals surface area (Å²) in [5, 5.41) is 18.9. The Bertz CT molecular complexity index is 645. The van der Waals surface area contributed by atoms with Crippen molar-refractivity contribution < 1.29 is 14.6 Å². The number of halogens is 1. The van der Waals surface area contributed by atoms with Crippen LogP contribution in [0.5, 0.6) is 0 Å². The van der Waals surface area contributed by atoms with Gasteiger partial charge in [-0.3, -0.25) is 0 Å². The lowest BCUT2D eigenvalue weighted by atomic mass is 9.63. The van der Waals surface area contributed by atoms with E-state index in [2.05, 4.69) is 25.7 Å². The second-order valence-electron chi connectivity index (χ2n) is 8.84. The fourth-order valence-corrected chi connectivity index (χ4v) is 5.33. The minimum absolute atomic E-state index is 0.178. The number of rotatable bonds is 6. The Hall–Kier alpha value is -1.19. The quantitative estimate of drug-likeness (QED) is 0.471. The molecule has 0 amide bonds. The summed E-state index contributed by atoms with van der Waals surface area (Å²) in [4.78, 5) is 0. The highest BCUT2D eigenvalue weighted by Crippen LogP contribution is 2.55. The van der Waals surface area contributed by atoms with Crippen molar-refractivity contribution in [2.75, 3.05) is 6.61 Å². The molecule has 2 fully saturated rings. The van der Waals surface area contributed by atoms with E-state index in [9.17, 15) is 9.50 Å². The fraction of sp³-hybridized carbons (Fsp3) is 0.667. The zero-order valence-electron chi connectivity index (χ0n) is 16.7. The molecule has 4 unspecified atom stereocenters. The van der Waals surface area contributed by atoms with Crippen LogP contribution in [0.1, 0.15) is 71.1 Å². The van der Waals surface area contributed by atoms with Crippen LogP contribution in [0.4, 0.5) is 4.39 Å². The number of hydrogen-bond donors (Lipinski definition) is 2. The molecule has 2 saturated carbocycles. The van der Waals surface area contributed by atoms with Crippen LogP contribution in [0, 0.1) is 11.3 Å². The monoisotopic (exact) mass is 374 g/mol. The molecule has 3 rings (SSSR count). The van der Waals surface area contributed by atoms with E-state index in [-0.39, 0.29) is 11.8 Å². The van der Waals surface area contributed by atoms with Crippen LogP contribution in [0.3, 0.4) is 0 Å². The van der Waals surface area contributed by atoms with Crippen LogP contribution in [0.15, 0.2) is 47.1 Å². The lowest BCUT2D eigenvalue weighted by Crippen LogP contribution is -2.30. The van der Waals surface area contributed by atoms with Crippen molar-refractivity contribution >= 4 is 0 Å². The number of hydrogen-bond acceptors (Lipinski definition) is 2. The smallest absolute Gasteiger partial charge is 0.127 e. The third-order valence-electron chi connectivity index (χ3n) is 7.04. The average molecular weight is 375 g/mol. The van der Waals surface area contributed by atoms with E-state index in [1.54, 1.807) is 5.57 Å². The van der Waals surface area contributed by atoms with E-state index in [0.29, 0.717) is 24.5 Å². The van der Waals surface area contributed by atoms with Gasteiger partial charge in [0.05, 0.1) is 6.10 Å². The first-order valence-corrected chi connectivity index (χ1v) is 10.7. The summed E-state index contributed by atoms with van der Waals surface area (Å²) in [5.41, 5.74) is 4.75. The first-order valence-electron chi connectivity index (χ1n) is 10.7. The molecule has 0 spiro atoms. The molecule has 3 aliphatic rings. The van der Waals surface area contributed by atoms with Crippen molar-refractivity contribution in [2.45, 2.75) is 83.4 Å². The molecule has 0 saturated heterocycles. The maximum absolute atomic E-state index is 14.0. The fourth-order valence-electron chi connectivity index (χ4n) is 5.33. The number of alkyl halides is 1.